The molecule has 1 aromatic heterocycles. The predicted octanol–water partition coefficient (Wildman–Crippen LogP) is 3.64. The zero-order chi connectivity index (χ0) is 14.7. The lowest BCUT2D eigenvalue weighted by atomic mass is 10.0. The summed E-state index contributed by atoms with van der Waals surface area (Å²) in [5.41, 5.74) is 2.53. The smallest absolute Gasteiger partial charge is 0.0548 e. The van der Waals surface area contributed by atoms with Crippen LogP contribution in [0.4, 0.5) is 0 Å². The second-order valence-electron chi connectivity index (χ2n) is 5.23. The fourth-order valence-corrected chi connectivity index (χ4v) is 3.25. The van der Waals surface area contributed by atoms with Crippen molar-refractivity contribution in [3.8, 4) is 0 Å². The highest BCUT2D eigenvalue weighted by Gasteiger charge is 2.23. The summed E-state index contributed by atoms with van der Waals surface area (Å²) < 4.78 is 0.953. The largest absolute Gasteiger partial charge is 0.314 e. The number of rotatable bonds is 3. The first-order chi connectivity index (χ1) is 10.2. The van der Waals surface area contributed by atoms with E-state index in [0.717, 1.165) is 35.7 Å². The lowest BCUT2D eigenvalue weighted by molar-refractivity contribution is 0.153. The van der Waals surface area contributed by atoms with Gasteiger partial charge in [0.2, 0.25) is 0 Å². The Morgan fingerprint density at radius 2 is 2.29 bits per heavy atom. The third-order valence-corrected chi connectivity index (χ3v) is 5.01. The monoisotopic (exact) mass is 365 g/mol. The summed E-state index contributed by atoms with van der Waals surface area (Å²) in [6, 6.07) is 10.7. The molecule has 5 heteroatoms. The van der Waals surface area contributed by atoms with Crippen molar-refractivity contribution in [2.45, 2.75) is 12.6 Å². The molecule has 1 saturated heterocycles. The quantitative estimate of drug-likeness (QED) is 0.899. The van der Waals surface area contributed by atoms with E-state index >= 15 is 0 Å². The van der Waals surface area contributed by atoms with Gasteiger partial charge in [-0.1, -0.05) is 23.7 Å². The van der Waals surface area contributed by atoms with E-state index in [9.17, 15) is 0 Å². The topological polar surface area (TPSA) is 28.2 Å². The molecule has 110 valence electrons. The molecule has 0 radical (unpaired) electrons. The zero-order valence-electron chi connectivity index (χ0n) is 11.6. The van der Waals surface area contributed by atoms with Gasteiger partial charge in [-0.2, -0.15) is 0 Å². The molecule has 1 aliphatic rings. The third-order valence-electron chi connectivity index (χ3n) is 3.79. The number of aromatic nitrogens is 1. The molecule has 21 heavy (non-hydrogen) atoms. The minimum absolute atomic E-state index is 0.363. The molecule has 0 saturated carbocycles. The van der Waals surface area contributed by atoms with E-state index in [-0.39, 0.29) is 0 Å². The van der Waals surface area contributed by atoms with Crippen molar-refractivity contribution in [1.82, 2.24) is 15.2 Å². The van der Waals surface area contributed by atoms with Gasteiger partial charge in [0.1, 0.15) is 0 Å². The number of halogens is 2. The van der Waals surface area contributed by atoms with Gasteiger partial charge in [-0.15, -0.1) is 0 Å². The molecule has 2 heterocycles. The van der Waals surface area contributed by atoms with E-state index in [4.69, 9.17) is 11.6 Å². The van der Waals surface area contributed by atoms with E-state index < -0.39 is 0 Å². The van der Waals surface area contributed by atoms with Crippen molar-refractivity contribution in [3.05, 3.63) is 63.3 Å². The van der Waals surface area contributed by atoms with Crippen LogP contribution in [0, 0.1) is 0 Å². The van der Waals surface area contributed by atoms with Gasteiger partial charge >= 0.3 is 0 Å². The fraction of sp³-hybridized carbons (Fsp3) is 0.312. The van der Waals surface area contributed by atoms with Crippen molar-refractivity contribution < 1.29 is 0 Å². The Hall–Kier alpha value is -0.940. The van der Waals surface area contributed by atoms with Gasteiger partial charge in [0.25, 0.3) is 0 Å². The van der Waals surface area contributed by atoms with Gasteiger partial charge in [-0.25, -0.2) is 0 Å². The Morgan fingerprint density at radius 1 is 1.38 bits per heavy atom. The normalized spacial score (nSPS) is 19.6. The highest BCUT2D eigenvalue weighted by Crippen LogP contribution is 2.27. The maximum Gasteiger partial charge on any atom is 0.0548 e. The van der Waals surface area contributed by atoms with E-state index in [1.54, 1.807) is 0 Å². The Kier molecular flexibility index (Phi) is 4.91. The molecule has 0 bridgehead atoms. The van der Waals surface area contributed by atoms with Crippen LogP contribution in [0.3, 0.4) is 0 Å². The Balaban J connectivity index is 1.79. The Morgan fingerprint density at radius 3 is 3.05 bits per heavy atom. The first kappa shape index (κ1) is 15.0. The van der Waals surface area contributed by atoms with Gasteiger partial charge in [0.15, 0.2) is 0 Å². The highest BCUT2D eigenvalue weighted by molar-refractivity contribution is 9.10. The molecule has 2 aromatic rings. The maximum atomic E-state index is 6.07. The van der Waals surface area contributed by atoms with E-state index in [1.165, 1.54) is 11.1 Å². The van der Waals surface area contributed by atoms with Crippen molar-refractivity contribution in [3.63, 3.8) is 0 Å². The van der Waals surface area contributed by atoms with E-state index in [2.05, 4.69) is 49.3 Å². The van der Waals surface area contributed by atoms with Crippen LogP contribution in [-0.2, 0) is 6.54 Å². The van der Waals surface area contributed by atoms with Crippen LogP contribution in [0.25, 0.3) is 0 Å². The maximum absolute atomic E-state index is 6.07. The number of hydrogen-bond acceptors (Lipinski definition) is 3. The lowest BCUT2D eigenvalue weighted by Crippen LogP contribution is -2.45. The minimum Gasteiger partial charge on any atom is -0.314 e. The van der Waals surface area contributed by atoms with Gasteiger partial charge < -0.3 is 5.32 Å². The zero-order valence-corrected chi connectivity index (χ0v) is 13.9. The number of hydrogen-bond donors (Lipinski definition) is 1. The van der Waals surface area contributed by atoms with Crippen LogP contribution in [-0.4, -0.2) is 29.5 Å². The van der Waals surface area contributed by atoms with Gasteiger partial charge in [-0.05, 0) is 45.3 Å². The molecule has 3 nitrogen and oxygen atoms in total. The molecule has 0 aliphatic carbocycles. The predicted molar refractivity (Wildman–Crippen MR) is 89.4 cm³/mol. The summed E-state index contributed by atoms with van der Waals surface area (Å²) in [7, 11) is 0. The summed E-state index contributed by atoms with van der Waals surface area (Å²) in [4.78, 5) is 6.74. The SMILES string of the molecule is Clc1ccc(CN2CCNCC2c2cccnc2)cc1Br. The number of benzene rings is 1. The number of piperazine rings is 1. The molecule has 0 spiro atoms. The summed E-state index contributed by atoms with van der Waals surface area (Å²) in [6.45, 7) is 3.92. The molecular weight excluding hydrogens is 350 g/mol. The lowest BCUT2D eigenvalue weighted by Gasteiger charge is -2.36. The van der Waals surface area contributed by atoms with Crippen LogP contribution in [0.2, 0.25) is 5.02 Å². The Labute approximate surface area is 138 Å². The molecule has 1 fully saturated rings. The second-order valence-corrected chi connectivity index (χ2v) is 6.49. The first-order valence-corrected chi connectivity index (χ1v) is 8.20. The van der Waals surface area contributed by atoms with Crippen LogP contribution in [0.5, 0.6) is 0 Å². The third kappa shape index (κ3) is 3.64. The summed E-state index contributed by atoms with van der Waals surface area (Å²) in [5, 5.41) is 4.22. The number of nitrogens with one attached hydrogen (secondary N) is 1. The minimum atomic E-state index is 0.363. The molecule has 1 N–H and O–H groups in total. The molecular formula is C16H17BrClN3. The van der Waals surface area contributed by atoms with Gasteiger partial charge in [-0.3, -0.25) is 9.88 Å². The Bertz CT molecular complexity index is 606. The average molecular weight is 367 g/mol. The molecule has 1 aromatic carbocycles. The highest BCUT2D eigenvalue weighted by atomic mass is 79.9. The van der Waals surface area contributed by atoms with Crippen molar-refractivity contribution >= 4 is 27.5 Å². The first-order valence-electron chi connectivity index (χ1n) is 7.02. The van der Waals surface area contributed by atoms with Gasteiger partial charge in [0, 0.05) is 49.1 Å². The molecule has 3 rings (SSSR count). The molecule has 1 unspecified atom stereocenters. The molecule has 1 atom stereocenters. The second kappa shape index (κ2) is 6.88. The number of pyridine rings is 1. The van der Waals surface area contributed by atoms with Crippen LogP contribution >= 0.6 is 27.5 Å². The van der Waals surface area contributed by atoms with Crippen LogP contribution in [0.15, 0.2) is 47.2 Å². The average Bonchev–Trinajstić information content (AvgIpc) is 2.52. The van der Waals surface area contributed by atoms with E-state index in [1.807, 2.05) is 24.5 Å². The van der Waals surface area contributed by atoms with Crippen molar-refractivity contribution in [2.24, 2.45) is 0 Å². The molecule has 1 aliphatic heterocycles. The summed E-state index contributed by atoms with van der Waals surface area (Å²) in [6.07, 6.45) is 3.78. The van der Waals surface area contributed by atoms with Gasteiger partial charge in [0.05, 0.1) is 5.02 Å². The van der Waals surface area contributed by atoms with E-state index in [0.29, 0.717) is 6.04 Å². The van der Waals surface area contributed by atoms with Crippen LogP contribution in [0.1, 0.15) is 17.2 Å². The summed E-state index contributed by atoms with van der Waals surface area (Å²) >= 11 is 9.57. The van der Waals surface area contributed by atoms with Crippen LogP contribution < -0.4 is 5.32 Å². The molecule has 0 amide bonds. The van der Waals surface area contributed by atoms with Crippen molar-refractivity contribution in [2.75, 3.05) is 19.6 Å². The summed E-state index contributed by atoms with van der Waals surface area (Å²) in [5.74, 6) is 0. The fourth-order valence-electron chi connectivity index (χ4n) is 2.71. The standard InChI is InChI=1S/C16H17BrClN3/c17-14-8-12(3-4-15(14)18)11-21-7-6-20-10-16(21)13-2-1-5-19-9-13/h1-5,8-9,16,20H,6-7,10-11H2. The van der Waals surface area contributed by atoms with Crippen molar-refractivity contribution in [1.29, 1.82) is 0 Å². The number of nitrogens with zero attached hydrogens (tertiary/aromatic N) is 2.